The number of carboxylic acid groups (broad SMARTS) is 1. The van der Waals surface area contributed by atoms with Crippen molar-refractivity contribution in [2.75, 3.05) is 13.1 Å². The molecule has 0 aromatic heterocycles. The minimum atomic E-state index is -0.718. The summed E-state index contributed by atoms with van der Waals surface area (Å²) in [6, 6.07) is 10.1. The molecule has 0 aliphatic carbocycles. The van der Waals surface area contributed by atoms with E-state index >= 15 is 0 Å². The van der Waals surface area contributed by atoms with Crippen molar-refractivity contribution in [3.05, 3.63) is 35.9 Å². The van der Waals surface area contributed by atoms with Gasteiger partial charge in [-0.15, -0.1) is 0 Å². The lowest BCUT2D eigenvalue weighted by Gasteiger charge is -2.31. The highest BCUT2D eigenvalue weighted by atomic mass is 16.4. The predicted molar refractivity (Wildman–Crippen MR) is 80.6 cm³/mol. The van der Waals surface area contributed by atoms with Crippen LogP contribution in [0.5, 0.6) is 0 Å². The summed E-state index contributed by atoms with van der Waals surface area (Å²) in [6.45, 7) is 6.53. The van der Waals surface area contributed by atoms with Crippen LogP contribution in [0, 0.1) is 5.41 Å². The Morgan fingerprint density at radius 2 is 1.95 bits per heavy atom. The Balaban J connectivity index is 2.19. The number of likely N-dealkylation sites (tertiary alicyclic amines) is 1. The largest absolute Gasteiger partial charge is 0.481 e. The molecule has 1 aromatic carbocycles. The van der Waals surface area contributed by atoms with Gasteiger partial charge in [0.25, 0.3) is 0 Å². The van der Waals surface area contributed by atoms with E-state index in [1.54, 1.807) is 0 Å². The van der Waals surface area contributed by atoms with Crippen molar-refractivity contribution in [3.63, 3.8) is 0 Å². The lowest BCUT2D eigenvalue weighted by molar-refractivity contribution is -0.138. The molecular formula is C17H25NO2. The predicted octanol–water partition coefficient (Wildman–Crippen LogP) is 3.71. The van der Waals surface area contributed by atoms with Crippen LogP contribution in [0.15, 0.2) is 30.3 Å². The summed E-state index contributed by atoms with van der Waals surface area (Å²) in [5, 5.41) is 9.22. The van der Waals surface area contributed by atoms with E-state index in [0.717, 1.165) is 18.7 Å². The SMILES string of the molecule is CCC1(CC)CCN(C(CC(=O)O)c2ccccc2)C1. The van der Waals surface area contributed by atoms with Crippen LogP contribution in [0.25, 0.3) is 0 Å². The maximum atomic E-state index is 11.2. The average molecular weight is 275 g/mol. The van der Waals surface area contributed by atoms with Gasteiger partial charge in [0.1, 0.15) is 0 Å². The maximum Gasteiger partial charge on any atom is 0.305 e. The maximum absolute atomic E-state index is 11.2. The molecule has 20 heavy (non-hydrogen) atoms. The Bertz CT molecular complexity index is 440. The molecule has 2 rings (SSSR count). The third kappa shape index (κ3) is 3.21. The topological polar surface area (TPSA) is 40.5 Å². The van der Waals surface area contributed by atoms with Crippen LogP contribution in [0.3, 0.4) is 0 Å². The zero-order valence-electron chi connectivity index (χ0n) is 12.5. The van der Waals surface area contributed by atoms with E-state index in [1.807, 2.05) is 30.3 Å². The van der Waals surface area contributed by atoms with Crippen molar-refractivity contribution < 1.29 is 9.90 Å². The summed E-state index contributed by atoms with van der Waals surface area (Å²) in [6.07, 6.45) is 3.72. The molecule has 1 N–H and O–H groups in total. The fraction of sp³-hybridized carbons (Fsp3) is 0.588. The summed E-state index contributed by atoms with van der Waals surface area (Å²) >= 11 is 0. The van der Waals surface area contributed by atoms with Crippen molar-refractivity contribution in [2.45, 2.75) is 45.6 Å². The molecule has 110 valence electrons. The monoisotopic (exact) mass is 275 g/mol. The Morgan fingerprint density at radius 1 is 1.30 bits per heavy atom. The first kappa shape index (κ1) is 15.0. The Kier molecular flexibility index (Phi) is 4.81. The smallest absolute Gasteiger partial charge is 0.305 e. The van der Waals surface area contributed by atoms with Gasteiger partial charge in [-0.2, -0.15) is 0 Å². The zero-order valence-corrected chi connectivity index (χ0v) is 12.5. The van der Waals surface area contributed by atoms with Gasteiger partial charge >= 0.3 is 5.97 Å². The quantitative estimate of drug-likeness (QED) is 0.860. The number of rotatable bonds is 6. The summed E-state index contributed by atoms with van der Waals surface area (Å²) in [7, 11) is 0. The van der Waals surface area contributed by atoms with Gasteiger partial charge < -0.3 is 5.11 Å². The fourth-order valence-electron chi connectivity index (χ4n) is 3.36. The Labute approximate surface area is 121 Å². The van der Waals surface area contributed by atoms with Gasteiger partial charge in [0.2, 0.25) is 0 Å². The van der Waals surface area contributed by atoms with Crippen LogP contribution in [0.4, 0.5) is 0 Å². The van der Waals surface area contributed by atoms with Crippen molar-refractivity contribution in [2.24, 2.45) is 5.41 Å². The van der Waals surface area contributed by atoms with E-state index in [4.69, 9.17) is 0 Å². The van der Waals surface area contributed by atoms with Crippen LogP contribution >= 0.6 is 0 Å². The molecule has 1 aromatic rings. The molecule has 0 radical (unpaired) electrons. The van der Waals surface area contributed by atoms with Gasteiger partial charge in [-0.05, 0) is 36.8 Å². The van der Waals surface area contributed by atoms with Crippen LogP contribution in [0.2, 0.25) is 0 Å². The van der Waals surface area contributed by atoms with Crippen molar-refractivity contribution in [1.82, 2.24) is 4.90 Å². The molecule has 1 saturated heterocycles. The molecule has 1 heterocycles. The average Bonchev–Trinajstić information content (AvgIpc) is 2.90. The molecule has 0 bridgehead atoms. The first-order chi connectivity index (χ1) is 9.60. The van der Waals surface area contributed by atoms with Crippen molar-refractivity contribution in [3.8, 4) is 0 Å². The molecule has 0 saturated carbocycles. The number of hydrogen-bond acceptors (Lipinski definition) is 2. The van der Waals surface area contributed by atoms with Gasteiger partial charge in [-0.3, -0.25) is 9.69 Å². The van der Waals surface area contributed by atoms with Gasteiger partial charge in [0.15, 0.2) is 0 Å². The highest BCUT2D eigenvalue weighted by Crippen LogP contribution is 2.41. The van der Waals surface area contributed by atoms with Crippen molar-refractivity contribution in [1.29, 1.82) is 0 Å². The third-order valence-electron chi connectivity index (χ3n) is 4.96. The lowest BCUT2D eigenvalue weighted by Crippen LogP contribution is -2.31. The second-order valence-electron chi connectivity index (χ2n) is 5.95. The lowest BCUT2D eigenvalue weighted by atomic mass is 9.82. The third-order valence-corrected chi connectivity index (χ3v) is 4.96. The number of benzene rings is 1. The number of carbonyl (C=O) groups is 1. The second-order valence-corrected chi connectivity index (χ2v) is 5.95. The first-order valence-electron chi connectivity index (χ1n) is 7.61. The molecule has 0 spiro atoms. The second kappa shape index (κ2) is 6.40. The van der Waals surface area contributed by atoms with E-state index in [9.17, 15) is 9.90 Å². The van der Waals surface area contributed by atoms with Crippen molar-refractivity contribution >= 4 is 5.97 Å². The Hall–Kier alpha value is -1.35. The molecule has 3 nitrogen and oxygen atoms in total. The summed E-state index contributed by atoms with van der Waals surface area (Å²) in [5.74, 6) is -0.718. The number of hydrogen-bond donors (Lipinski definition) is 1. The molecule has 1 atom stereocenters. The minimum Gasteiger partial charge on any atom is -0.481 e. The van der Waals surface area contributed by atoms with Gasteiger partial charge in [0.05, 0.1) is 6.42 Å². The standard InChI is InChI=1S/C17H25NO2/c1-3-17(4-2)10-11-18(13-17)15(12-16(19)20)14-8-6-5-7-9-14/h5-9,15H,3-4,10-13H2,1-2H3,(H,19,20). The normalized spacial score (nSPS) is 19.9. The highest BCUT2D eigenvalue weighted by Gasteiger charge is 2.38. The molecule has 1 aliphatic heterocycles. The van der Waals surface area contributed by atoms with Crippen LogP contribution in [-0.4, -0.2) is 29.1 Å². The van der Waals surface area contributed by atoms with E-state index in [-0.39, 0.29) is 12.5 Å². The van der Waals surface area contributed by atoms with Crippen LogP contribution in [-0.2, 0) is 4.79 Å². The molecule has 1 fully saturated rings. The van der Waals surface area contributed by atoms with Crippen LogP contribution < -0.4 is 0 Å². The zero-order chi connectivity index (χ0) is 14.6. The number of carboxylic acids is 1. The first-order valence-corrected chi connectivity index (χ1v) is 7.61. The van der Waals surface area contributed by atoms with Gasteiger partial charge in [0, 0.05) is 12.6 Å². The highest BCUT2D eigenvalue weighted by molar-refractivity contribution is 5.68. The molecule has 1 unspecified atom stereocenters. The van der Waals surface area contributed by atoms with E-state index < -0.39 is 5.97 Å². The Morgan fingerprint density at radius 3 is 2.45 bits per heavy atom. The number of aliphatic carboxylic acids is 1. The van der Waals surface area contributed by atoms with Gasteiger partial charge in [-0.25, -0.2) is 0 Å². The summed E-state index contributed by atoms with van der Waals surface area (Å²) < 4.78 is 0. The number of nitrogens with zero attached hydrogens (tertiary/aromatic N) is 1. The fourth-order valence-corrected chi connectivity index (χ4v) is 3.36. The molecule has 3 heteroatoms. The van der Waals surface area contributed by atoms with E-state index in [0.29, 0.717) is 5.41 Å². The molecular weight excluding hydrogens is 250 g/mol. The van der Waals surface area contributed by atoms with E-state index in [1.165, 1.54) is 19.3 Å². The van der Waals surface area contributed by atoms with Gasteiger partial charge in [-0.1, -0.05) is 44.2 Å². The van der Waals surface area contributed by atoms with Crippen LogP contribution in [0.1, 0.15) is 51.1 Å². The summed E-state index contributed by atoms with van der Waals surface area (Å²) in [5.41, 5.74) is 1.50. The summed E-state index contributed by atoms with van der Waals surface area (Å²) in [4.78, 5) is 13.6. The molecule has 0 amide bonds. The minimum absolute atomic E-state index is 0.00803. The molecule has 1 aliphatic rings. The van der Waals surface area contributed by atoms with E-state index in [2.05, 4.69) is 18.7 Å².